The molecule has 5 nitrogen and oxygen atoms in total. The van der Waals surface area contributed by atoms with Gasteiger partial charge in [0.2, 0.25) is 0 Å². The fourth-order valence-electron chi connectivity index (χ4n) is 2.53. The summed E-state index contributed by atoms with van der Waals surface area (Å²) in [6, 6.07) is 3.77. The molecule has 1 fully saturated rings. The third kappa shape index (κ3) is 3.70. The molecule has 0 unspecified atom stereocenters. The molecule has 0 saturated carbocycles. The van der Waals surface area contributed by atoms with Crippen LogP contribution in [-0.4, -0.2) is 41.2 Å². The van der Waals surface area contributed by atoms with E-state index in [4.69, 9.17) is 4.74 Å². The number of carbonyl (C=O) groups excluding carboxylic acids is 1. The number of rotatable bonds is 2. The Morgan fingerprint density at radius 1 is 1.45 bits per heavy atom. The monoisotopic (exact) mass is 277 g/mol. The van der Waals surface area contributed by atoms with Crippen LogP contribution < -0.4 is 5.32 Å². The van der Waals surface area contributed by atoms with Crippen LogP contribution in [0.5, 0.6) is 0 Å². The highest BCUT2D eigenvalue weighted by Crippen LogP contribution is 2.15. The number of aromatic nitrogens is 1. The van der Waals surface area contributed by atoms with Gasteiger partial charge in [0.05, 0.1) is 12.2 Å². The molecule has 1 aromatic rings. The number of hydrogen-bond donors (Lipinski definition) is 1. The molecule has 1 aromatic heterocycles. The van der Waals surface area contributed by atoms with Gasteiger partial charge in [0.1, 0.15) is 5.82 Å². The highest BCUT2D eigenvalue weighted by atomic mass is 16.5. The lowest BCUT2D eigenvalue weighted by molar-refractivity contribution is -0.0632. The third-order valence-electron chi connectivity index (χ3n) is 3.40. The minimum Gasteiger partial charge on any atom is -0.372 e. The molecule has 0 spiro atoms. The van der Waals surface area contributed by atoms with Gasteiger partial charge in [0.15, 0.2) is 0 Å². The van der Waals surface area contributed by atoms with Crippen LogP contribution in [0.3, 0.4) is 0 Å². The predicted octanol–water partition coefficient (Wildman–Crippen LogP) is 2.73. The second-order valence-corrected chi connectivity index (χ2v) is 5.48. The van der Waals surface area contributed by atoms with Crippen molar-refractivity contribution in [1.29, 1.82) is 0 Å². The van der Waals surface area contributed by atoms with Crippen molar-refractivity contribution in [2.24, 2.45) is 0 Å². The average Bonchev–Trinajstić information content (AvgIpc) is 2.36. The van der Waals surface area contributed by atoms with Crippen molar-refractivity contribution in [2.75, 3.05) is 18.4 Å². The normalized spacial score (nSPS) is 22.7. The number of urea groups is 1. The Labute approximate surface area is 120 Å². The molecule has 110 valence electrons. The molecule has 0 aromatic carbocycles. The topological polar surface area (TPSA) is 54.5 Å². The average molecular weight is 277 g/mol. The number of morpholine rings is 1. The van der Waals surface area contributed by atoms with Gasteiger partial charge in [-0.2, -0.15) is 0 Å². The third-order valence-corrected chi connectivity index (χ3v) is 3.40. The van der Waals surface area contributed by atoms with Crippen LogP contribution >= 0.6 is 0 Å². The molecule has 20 heavy (non-hydrogen) atoms. The SMILES string of the molecule is CC[C@@H]1CN(C(=O)Nc2cc(C)cc(C)n2)C[C@@H](C)O1. The standard InChI is InChI=1S/C15H23N3O2/c1-5-13-9-18(8-12(4)20-13)15(19)17-14-7-10(2)6-11(3)16-14/h6-7,12-13H,5,8-9H2,1-4H3,(H,16,17,19)/t12-,13-/m1/s1. The number of pyridine rings is 1. The molecular weight excluding hydrogens is 254 g/mol. The van der Waals surface area contributed by atoms with Crippen LogP contribution in [0.2, 0.25) is 0 Å². The van der Waals surface area contributed by atoms with Crippen molar-refractivity contribution in [3.8, 4) is 0 Å². The summed E-state index contributed by atoms with van der Waals surface area (Å²) < 4.78 is 5.77. The van der Waals surface area contributed by atoms with E-state index in [2.05, 4.69) is 17.2 Å². The zero-order valence-electron chi connectivity index (χ0n) is 12.6. The van der Waals surface area contributed by atoms with E-state index in [0.717, 1.165) is 17.7 Å². The van der Waals surface area contributed by atoms with E-state index in [1.807, 2.05) is 37.8 Å². The summed E-state index contributed by atoms with van der Waals surface area (Å²) in [5.41, 5.74) is 2.00. The van der Waals surface area contributed by atoms with Gasteiger partial charge in [0, 0.05) is 18.8 Å². The molecule has 2 heterocycles. The maximum atomic E-state index is 12.3. The van der Waals surface area contributed by atoms with Gasteiger partial charge >= 0.3 is 6.03 Å². The fraction of sp³-hybridized carbons (Fsp3) is 0.600. The lowest BCUT2D eigenvalue weighted by atomic mass is 10.2. The van der Waals surface area contributed by atoms with Crippen LogP contribution in [-0.2, 0) is 4.74 Å². The maximum Gasteiger partial charge on any atom is 0.323 e. The number of carbonyl (C=O) groups is 1. The lowest BCUT2D eigenvalue weighted by Gasteiger charge is -2.36. The zero-order chi connectivity index (χ0) is 14.7. The molecule has 0 radical (unpaired) electrons. The van der Waals surface area contributed by atoms with Crippen molar-refractivity contribution in [1.82, 2.24) is 9.88 Å². The summed E-state index contributed by atoms with van der Waals surface area (Å²) in [4.78, 5) is 18.5. The Morgan fingerprint density at radius 3 is 2.85 bits per heavy atom. The molecular formula is C15H23N3O2. The Hall–Kier alpha value is -1.62. The molecule has 1 saturated heterocycles. The van der Waals surface area contributed by atoms with E-state index >= 15 is 0 Å². The van der Waals surface area contributed by atoms with Crippen LogP contribution in [0, 0.1) is 13.8 Å². The first kappa shape index (κ1) is 14.8. The van der Waals surface area contributed by atoms with Gasteiger partial charge in [-0.15, -0.1) is 0 Å². The van der Waals surface area contributed by atoms with Gasteiger partial charge in [-0.25, -0.2) is 9.78 Å². The van der Waals surface area contributed by atoms with E-state index in [-0.39, 0.29) is 18.2 Å². The number of ether oxygens (including phenoxy) is 1. The minimum absolute atomic E-state index is 0.0756. The van der Waals surface area contributed by atoms with Gasteiger partial charge < -0.3 is 9.64 Å². The van der Waals surface area contributed by atoms with Crippen molar-refractivity contribution in [3.63, 3.8) is 0 Å². The maximum absolute atomic E-state index is 12.3. The van der Waals surface area contributed by atoms with Crippen molar-refractivity contribution in [2.45, 2.75) is 46.3 Å². The molecule has 2 rings (SSSR count). The second-order valence-electron chi connectivity index (χ2n) is 5.48. The quantitative estimate of drug-likeness (QED) is 0.904. The van der Waals surface area contributed by atoms with Gasteiger partial charge in [-0.05, 0) is 44.9 Å². The number of amides is 2. The van der Waals surface area contributed by atoms with Gasteiger partial charge in [-0.3, -0.25) is 5.32 Å². The highest BCUT2D eigenvalue weighted by Gasteiger charge is 2.27. The molecule has 0 bridgehead atoms. The summed E-state index contributed by atoms with van der Waals surface area (Å²) in [6.45, 7) is 9.24. The molecule has 1 aliphatic heterocycles. The van der Waals surface area contributed by atoms with E-state index in [0.29, 0.717) is 18.9 Å². The summed E-state index contributed by atoms with van der Waals surface area (Å²) >= 11 is 0. The van der Waals surface area contributed by atoms with Crippen LogP contribution in [0.1, 0.15) is 31.5 Å². The first-order valence-corrected chi connectivity index (χ1v) is 7.14. The highest BCUT2D eigenvalue weighted by molar-refractivity contribution is 5.88. The van der Waals surface area contributed by atoms with Crippen LogP contribution in [0.25, 0.3) is 0 Å². The molecule has 1 N–H and O–H groups in total. The Balaban J connectivity index is 2.03. The molecule has 2 amide bonds. The van der Waals surface area contributed by atoms with Gasteiger partial charge in [0.25, 0.3) is 0 Å². The Bertz CT molecular complexity index is 470. The fourth-order valence-corrected chi connectivity index (χ4v) is 2.53. The number of nitrogens with zero attached hydrogens (tertiary/aromatic N) is 2. The first-order chi connectivity index (χ1) is 9.47. The van der Waals surface area contributed by atoms with Gasteiger partial charge in [-0.1, -0.05) is 6.92 Å². The minimum atomic E-state index is -0.101. The number of aryl methyl sites for hydroxylation is 2. The number of anilines is 1. The first-order valence-electron chi connectivity index (χ1n) is 7.14. The summed E-state index contributed by atoms with van der Waals surface area (Å²) in [5, 5.41) is 2.88. The van der Waals surface area contributed by atoms with Crippen molar-refractivity contribution >= 4 is 11.8 Å². The van der Waals surface area contributed by atoms with E-state index in [9.17, 15) is 4.79 Å². The predicted molar refractivity (Wildman–Crippen MR) is 78.9 cm³/mol. The molecule has 0 aliphatic carbocycles. The summed E-state index contributed by atoms with van der Waals surface area (Å²) in [7, 11) is 0. The number of hydrogen-bond acceptors (Lipinski definition) is 3. The van der Waals surface area contributed by atoms with Crippen molar-refractivity contribution < 1.29 is 9.53 Å². The van der Waals surface area contributed by atoms with Crippen LogP contribution in [0.15, 0.2) is 12.1 Å². The summed E-state index contributed by atoms with van der Waals surface area (Å²) in [5.74, 6) is 0.611. The second kappa shape index (κ2) is 6.22. The summed E-state index contributed by atoms with van der Waals surface area (Å²) in [6.07, 6.45) is 1.11. The Kier molecular flexibility index (Phi) is 4.60. The Morgan fingerprint density at radius 2 is 2.20 bits per heavy atom. The van der Waals surface area contributed by atoms with E-state index in [1.54, 1.807) is 0 Å². The van der Waals surface area contributed by atoms with Crippen molar-refractivity contribution in [3.05, 3.63) is 23.4 Å². The molecule has 1 aliphatic rings. The van der Waals surface area contributed by atoms with E-state index in [1.165, 1.54) is 0 Å². The molecule has 5 heteroatoms. The molecule has 2 atom stereocenters. The smallest absolute Gasteiger partial charge is 0.323 e. The number of nitrogens with one attached hydrogen (secondary N) is 1. The largest absolute Gasteiger partial charge is 0.372 e. The van der Waals surface area contributed by atoms with Crippen LogP contribution in [0.4, 0.5) is 10.6 Å². The zero-order valence-corrected chi connectivity index (χ0v) is 12.6. The lowest BCUT2D eigenvalue weighted by Crippen LogP contribution is -2.50. The van der Waals surface area contributed by atoms with E-state index < -0.39 is 0 Å².